The number of hydrogen-bond acceptors (Lipinski definition) is 5. The highest BCUT2D eigenvalue weighted by Crippen LogP contribution is 2.18. The van der Waals surface area contributed by atoms with Crippen LogP contribution in [0.1, 0.15) is 17.1 Å². The molecule has 0 atom stereocenters. The third kappa shape index (κ3) is 5.45. The standard InChI is InChI=1S/C19H17BrN2O4S/c1-14-2-10-19(11-3-14)27(23,24)22-21-12-17-8-9-18(26-17)13-25-16-6-4-15(20)5-7-16/h2-12,22H,13H2,1H3. The minimum atomic E-state index is -3.71. The molecule has 0 bridgehead atoms. The van der Waals surface area contributed by atoms with Crippen molar-refractivity contribution in [2.75, 3.05) is 0 Å². The average Bonchev–Trinajstić information content (AvgIpc) is 3.09. The molecule has 0 saturated heterocycles. The minimum Gasteiger partial charge on any atom is -0.486 e. The summed E-state index contributed by atoms with van der Waals surface area (Å²) in [6.45, 7) is 2.14. The first-order valence-corrected chi connectivity index (χ1v) is 10.3. The molecule has 0 saturated carbocycles. The number of aryl methyl sites for hydroxylation is 1. The molecule has 1 N–H and O–H groups in total. The third-order valence-corrected chi connectivity index (χ3v) is 5.34. The van der Waals surface area contributed by atoms with Crippen molar-refractivity contribution in [1.82, 2.24) is 4.83 Å². The Kier molecular flexibility index (Phi) is 5.98. The SMILES string of the molecule is Cc1ccc(S(=O)(=O)NN=Cc2ccc(COc3ccc(Br)cc3)o2)cc1. The Balaban J connectivity index is 1.56. The average molecular weight is 449 g/mol. The maximum Gasteiger partial charge on any atom is 0.276 e. The highest BCUT2D eigenvalue weighted by molar-refractivity contribution is 9.10. The van der Waals surface area contributed by atoms with Crippen LogP contribution in [0.4, 0.5) is 0 Å². The predicted octanol–water partition coefficient (Wildman–Crippen LogP) is 4.24. The molecule has 0 fully saturated rings. The van der Waals surface area contributed by atoms with Crippen molar-refractivity contribution in [2.45, 2.75) is 18.4 Å². The highest BCUT2D eigenvalue weighted by Gasteiger charge is 2.12. The lowest BCUT2D eigenvalue weighted by Crippen LogP contribution is -2.18. The Morgan fingerprint density at radius 2 is 1.78 bits per heavy atom. The van der Waals surface area contributed by atoms with Crippen LogP contribution in [-0.2, 0) is 16.6 Å². The van der Waals surface area contributed by atoms with E-state index in [1.54, 1.807) is 24.3 Å². The van der Waals surface area contributed by atoms with Gasteiger partial charge in [-0.15, -0.1) is 0 Å². The summed E-state index contributed by atoms with van der Waals surface area (Å²) in [5.41, 5.74) is 0.978. The van der Waals surface area contributed by atoms with E-state index in [0.717, 1.165) is 15.8 Å². The lowest BCUT2D eigenvalue weighted by Gasteiger charge is -2.04. The van der Waals surface area contributed by atoms with Crippen molar-refractivity contribution in [2.24, 2.45) is 5.10 Å². The van der Waals surface area contributed by atoms with E-state index in [9.17, 15) is 8.42 Å². The second kappa shape index (κ2) is 8.41. The number of furan rings is 1. The molecule has 6 nitrogen and oxygen atoms in total. The van der Waals surface area contributed by atoms with E-state index in [4.69, 9.17) is 9.15 Å². The number of ether oxygens (including phenoxy) is 1. The van der Waals surface area contributed by atoms with Crippen LogP contribution in [0.3, 0.4) is 0 Å². The summed E-state index contributed by atoms with van der Waals surface area (Å²) in [7, 11) is -3.71. The number of nitrogens with one attached hydrogen (secondary N) is 1. The second-order valence-corrected chi connectivity index (χ2v) is 8.29. The van der Waals surface area contributed by atoms with Crippen LogP contribution in [0.15, 0.2) is 79.6 Å². The van der Waals surface area contributed by atoms with Crippen LogP contribution in [0.5, 0.6) is 5.75 Å². The first-order valence-electron chi connectivity index (χ1n) is 8.01. The molecule has 140 valence electrons. The first kappa shape index (κ1) is 19.2. The van der Waals surface area contributed by atoms with Crippen molar-refractivity contribution < 1.29 is 17.6 Å². The van der Waals surface area contributed by atoms with E-state index < -0.39 is 10.0 Å². The molecule has 1 heterocycles. The van der Waals surface area contributed by atoms with Crippen molar-refractivity contribution in [3.63, 3.8) is 0 Å². The van der Waals surface area contributed by atoms with E-state index in [-0.39, 0.29) is 11.5 Å². The van der Waals surface area contributed by atoms with E-state index in [0.29, 0.717) is 11.5 Å². The maximum atomic E-state index is 12.1. The summed E-state index contributed by atoms with van der Waals surface area (Å²) in [5.74, 6) is 1.73. The van der Waals surface area contributed by atoms with Gasteiger partial charge in [0.05, 0.1) is 11.1 Å². The summed E-state index contributed by atoms with van der Waals surface area (Å²) in [6.07, 6.45) is 1.30. The maximum absolute atomic E-state index is 12.1. The van der Waals surface area contributed by atoms with Crippen LogP contribution >= 0.6 is 15.9 Å². The fourth-order valence-corrected chi connectivity index (χ4v) is 3.21. The quantitative estimate of drug-likeness (QED) is 0.432. The zero-order valence-corrected chi connectivity index (χ0v) is 16.8. The molecule has 0 aliphatic carbocycles. The molecule has 3 rings (SSSR count). The molecule has 0 spiro atoms. The minimum absolute atomic E-state index is 0.147. The number of nitrogens with zero attached hydrogens (tertiary/aromatic N) is 1. The van der Waals surface area contributed by atoms with Gasteiger partial charge in [0.25, 0.3) is 10.0 Å². The van der Waals surface area contributed by atoms with Gasteiger partial charge in [-0.05, 0) is 55.5 Å². The summed E-state index contributed by atoms with van der Waals surface area (Å²) in [6, 6.07) is 17.4. The van der Waals surface area contributed by atoms with Crippen LogP contribution in [0.25, 0.3) is 0 Å². The van der Waals surface area contributed by atoms with Crippen LogP contribution in [-0.4, -0.2) is 14.6 Å². The van der Waals surface area contributed by atoms with Crippen molar-refractivity contribution in [3.05, 3.63) is 82.2 Å². The van der Waals surface area contributed by atoms with Gasteiger partial charge < -0.3 is 9.15 Å². The molecule has 0 amide bonds. The van der Waals surface area contributed by atoms with Crippen molar-refractivity contribution in [1.29, 1.82) is 0 Å². The van der Waals surface area contributed by atoms with Crippen LogP contribution in [0.2, 0.25) is 0 Å². The van der Waals surface area contributed by atoms with E-state index in [1.165, 1.54) is 18.3 Å². The molecular weight excluding hydrogens is 432 g/mol. The number of benzene rings is 2. The number of halogens is 1. The van der Waals surface area contributed by atoms with Crippen molar-refractivity contribution in [3.8, 4) is 5.75 Å². The van der Waals surface area contributed by atoms with Gasteiger partial charge in [-0.3, -0.25) is 0 Å². The summed E-state index contributed by atoms with van der Waals surface area (Å²) in [5, 5.41) is 3.75. The molecule has 0 radical (unpaired) electrons. The summed E-state index contributed by atoms with van der Waals surface area (Å²) in [4.78, 5) is 2.31. The number of hydrogen-bond donors (Lipinski definition) is 1. The lowest BCUT2D eigenvalue weighted by molar-refractivity contribution is 0.270. The van der Waals surface area contributed by atoms with Gasteiger partial charge in [-0.2, -0.15) is 18.4 Å². The van der Waals surface area contributed by atoms with E-state index >= 15 is 0 Å². The van der Waals surface area contributed by atoms with Crippen molar-refractivity contribution >= 4 is 32.2 Å². The molecular formula is C19H17BrN2O4S. The highest BCUT2D eigenvalue weighted by atomic mass is 79.9. The fourth-order valence-electron chi connectivity index (χ4n) is 2.16. The number of hydrazone groups is 1. The van der Waals surface area contributed by atoms with Gasteiger partial charge >= 0.3 is 0 Å². The summed E-state index contributed by atoms with van der Waals surface area (Å²) < 4.78 is 36.4. The third-order valence-electron chi connectivity index (χ3n) is 3.57. The molecule has 1 aromatic heterocycles. The molecule has 3 aromatic rings. The van der Waals surface area contributed by atoms with Gasteiger partial charge in [0.2, 0.25) is 0 Å². The molecule has 8 heteroatoms. The zero-order valence-electron chi connectivity index (χ0n) is 14.4. The van der Waals surface area contributed by atoms with Gasteiger partial charge in [-0.25, -0.2) is 0 Å². The molecule has 27 heavy (non-hydrogen) atoms. The smallest absolute Gasteiger partial charge is 0.276 e. The van der Waals surface area contributed by atoms with Gasteiger partial charge in [0.15, 0.2) is 0 Å². The predicted molar refractivity (Wildman–Crippen MR) is 106 cm³/mol. The summed E-state index contributed by atoms with van der Waals surface area (Å²) >= 11 is 3.36. The molecule has 0 unspecified atom stereocenters. The first-order chi connectivity index (χ1) is 12.9. The molecule has 0 aliphatic heterocycles. The second-order valence-electron chi connectivity index (χ2n) is 5.71. The molecule has 2 aromatic carbocycles. The Labute approximate surface area is 166 Å². The Hall–Kier alpha value is -2.58. The molecule has 0 aliphatic rings. The lowest BCUT2D eigenvalue weighted by atomic mass is 10.2. The van der Waals surface area contributed by atoms with Gasteiger partial charge in [-0.1, -0.05) is 33.6 Å². The largest absolute Gasteiger partial charge is 0.486 e. The van der Waals surface area contributed by atoms with Gasteiger partial charge in [0.1, 0.15) is 23.9 Å². The Bertz CT molecular complexity index is 1030. The Morgan fingerprint density at radius 1 is 1.07 bits per heavy atom. The fraction of sp³-hybridized carbons (Fsp3) is 0.105. The normalized spacial score (nSPS) is 11.6. The topological polar surface area (TPSA) is 80.9 Å². The van der Waals surface area contributed by atoms with E-state index in [1.807, 2.05) is 31.2 Å². The van der Waals surface area contributed by atoms with Crippen LogP contribution < -0.4 is 9.57 Å². The Morgan fingerprint density at radius 3 is 2.48 bits per heavy atom. The van der Waals surface area contributed by atoms with Gasteiger partial charge in [0, 0.05) is 4.47 Å². The monoisotopic (exact) mass is 448 g/mol. The number of sulfonamides is 1. The van der Waals surface area contributed by atoms with Crippen LogP contribution in [0, 0.1) is 6.92 Å². The number of rotatable bonds is 7. The zero-order chi connectivity index (χ0) is 19.3. The van der Waals surface area contributed by atoms with E-state index in [2.05, 4.69) is 25.9 Å².